The molecule has 0 aromatic heterocycles. The molecule has 21 heavy (non-hydrogen) atoms. The molecule has 1 amide bonds. The third-order valence-corrected chi connectivity index (χ3v) is 3.83. The molecular weight excluding hydrogens is 294 g/mol. The van der Waals surface area contributed by atoms with Gasteiger partial charge in [-0.25, -0.2) is 4.79 Å². The summed E-state index contributed by atoms with van der Waals surface area (Å²) in [6.07, 6.45) is 1.37. The minimum atomic E-state index is -3.43. The lowest BCUT2D eigenvalue weighted by Crippen LogP contribution is -2.30. The highest BCUT2D eigenvalue weighted by Gasteiger charge is 2.28. The number of amides is 1. The van der Waals surface area contributed by atoms with E-state index in [1.165, 1.54) is 0 Å². The predicted octanol–water partition coefficient (Wildman–Crippen LogP) is 1.62. The van der Waals surface area contributed by atoms with Gasteiger partial charge in [0.2, 0.25) is 0 Å². The highest BCUT2D eigenvalue weighted by molar-refractivity contribution is 7.85. The molecule has 1 heterocycles. The van der Waals surface area contributed by atoms with Gasteiger partial charge in [0.15, 0.2) is 0 Å². The zero-order valence-corrected chi connectivity index (χ0v) is 12.7. The maximum Gasteiger partial charge on any atom is 0.410 e. The zero-order valence-electron chi connectivity index (χ0n) is 11.9. The zero-order chi connectivity index (χ0) is 15.3. The smallest absolute Gasteiger partial charge is 0.410 e. The van der Waals surface area contributed by atoms with Crippen molar-refractivity contribution >= 4 is 16.2 Å². The molecule has 116 valence electrons. The Hall–Kier alpha value is -1.60. The summed E-state index contributed by atoms with van der Waals surface area (Å²) >= 11 is 0. The third kappa shape index (κ3) is 5.35. The van der Waals surface area contributed by atoms with Crippen LogP contribution < -0.4 is 0 Å². The quantitative estimate of drug-likeness (QED) is 0.772. The molecule has 1 aromatic rings. The van der Waals surface area contributed by atoms with Gasteiger partial charge in [0.05, 0.1) is 12.9 Å². The van der Waals surface area contributed by atoms with E-state index in [2.05, 4.69) is 0 Å². The molecule has 7 heteroatoms. The van der Waals surface area contributed by atoms with Gasteiger partial charge in [-0.2, -0.15) is 8.42 Å². The molecule has 0 bridgehead atoms. The van der Waals surface area contributed by atoms with Gasteiger partial charge in [-0.1, -0.05) is 30.3 Å². The first kappa shape index (κ1) is 15.8. The molecule has 0 N–H and O–H groups in total. The molecule has 6 nitrogen and oxygen atoms in total. The van der Waals surface area contributed by atoms with Crippen LogP contribution in [0.3, 0.4) is 0 Å². The summed E-state index contributed by atoms with van der Waals surface area (Å²) in [5.74, 6) is 0.0315. The van der Waals surface area contributed by atoms with Gasteiger partial charge in [0, 0.05) is 19.0 Å². The number of carbonyl (C=O) groups excluding carboxylic acids is 1. The molecule has 2 rings (SSSR count). The number of likely N-dealkylation sites (tertiary alicyclic amines) is 1. The Morgan fingerprint density at radius 1 is 1.33 bits per heavy atom. The predicted molar refractivity (Wildman–Crippen MR) is 77.1 cm³/mol. The Morgan fingerprint density at radius 3 is 2.71 bits per heavy atom. The van der Waals surface area contributed by atoms with Crippen LogP contribution >= 0.6 is 0 Å². The van der Waals surface area contributed by atoms with E-state index in [1.54, 1.807) is 4.90 Å². The first-order valence-electron chi connectivity index (χ1n) is 6.74. The summed E-state index contributed by atoms with van der Waals surface area (Å²) in [6.45, 7) is 1.37. The van der Waals surface area contributed by atoms with Gasteiger partial charge < -0.3 is 9.64 Å². The molecule has 1 fully saturated rings. The molecule has 1 aromatic carbocycles. The number of benzene rings is 1. The van der Waals surface area contributed by atoms with Crippen molar-refractivity contribution in [1.29, 1.82) is 0 Å². The molecule has 1 aliphatic rings. The van der Waals surface area contributed by atoms with Crippen LogP contribution in [-0.2, 0) is 25.6 Å². The molecule has 1 aliphatic heterocycles. The Balaban J connectivity index is 1.74. The van der Waals surface area contributed by atoms with E-state index in [4.69, 9.17) is 8.92 Å². The second kappa shape index (κ2) is 6.91. The van der Waals surface area contributed by atoms with Crippen LogP contribution in [0.2, 0.25) is 0 Å². The summed E-state index contributed by atoms with van der Waals surface area (Å²) in [4.78, 5) is 13.5. The monoisotopic (exact) mass is 313 g/mol. The van der Waals surface area contributed by atoms with E-state index in [0.29, 0.717) is 13.1 Å². The van der Waals surface area contributed by atoms with Gasteiger partial charge in [-0.05, 0) is 12.0 Å². The van der Waals surface area contributed by atoms with Crippen molar-refractivity contribution in [3.05, 3.63) is 35.9 Å². The fraction of sp³-hybridized carbons (Fsp3) is 0.500. The SMILES string of the molecule is CS(=O)(=O)OCC1CCN(C(=O)OCc2ccccc2)C1. The Labute approximate surface area is 124 Å². The van der Waals surface area contributed by atoms with Crippen LogP contribution in [0.4, 0.5) is 4.79 Å². The van der Waals surface area contributed by atoms with Crippen LogP contribution in [0.25, 0.3) is 0 Å². The number of rotatable bonds is 5. The summed E-state index contributed by atoms with van der Waals surface area (Å²) < 4.78 is 31.9. The molecule has 1 saturated heterocycles. The second-order valence-corrected chi connectivity index (χ2v) is 6.77. The van der Waals surface area contributed by atoms with Crippen molar-refractivity contribution in [3.63, 3.8) is 0 Å². The van der Waals surface area contributed by atoms with Crippen molar-refractivity contribution in [2.24, 2.45) is 5.92 Å². The highest BCUT2D eigenvalue weighted by Crippen LogP contribution is 2.18. The highest BCUT2D eigenvalue weighted by atomic mass is 32.2. The van der Waals surface area contributed by atoms with Crippen LogP contribution in [-0.4, -0.2) is 45.4 Å². The van der Waals surface area contributed by atoms with Crippen molar-refractivity contribution in [2.75, 3.05) is 26.0 Å². The fourth-order valence-corrected chi connectivity index (χ4v) is 2.60. The molecule has 1 unspecified atom stereocenters. The molecule has 0 saturated carbocycles. The maximum absolute atomic E-state index is 11.9. The van der Waals surface area contributed by atoms with E-state index >= 15 is 0 Å². The standard InChI is InChI=1S/C14H19NO5S/c1-21(17,18)20-11-13-7-8-15(9-13)14(16)19-10-12-5-3-2-4-6-12/h2-6,13H,7-11H2,1H3. The normalized spacial score (nSPS) is 18.7. The average molecular weight is 313 g/mol. The second-order valence-electron chi connectivity index (χ2n) is 5.13. The number of ether oxygens (including phenoxy) is 1. The first-order valence-corrected chi connectivity index (χ1v) is 8.56. The molecule has 0 radical (unpaired) electrons. The molecular formula is C14H19NO5S. The van der Waals surface area contributed by atoms with Gasteiger partial charge in [-0.15, -0.1) is 0 Å². The largest absolute Gasteiger partial charge is 0.445 e. The van der Waals surface area contributed by atoms with Crippen LogP contribution in [0, 0.1) is 5.92 Å². The summed E-state index contributed by atoms with van der Waals surface area (Å²) in [7, 11) is -3.43. The van der Waals surface area contributed by atoms with E-state index in [1.807, 2.05) is 30.3 Å². The minimum absolute atomic E-state index is 0.0315. The number of hydrogen-bond acceptors (Lipinski definition) is 5. The van der Waals surface area contributed by atoms with Crippen molar-refractivity contribution in [1.82, 2.24) is 4.90 Å². The van der Waals surface area contributed by atoms with E-state index in [9.17, 15) is 13.2 Å². The van der Waals surface area contributed by atoms with E-state index in [0.717, 1.165) is 18.2 Å². The van der Waals surface area contributed by atoms with Gasteiger partial charge in [-0.3, -0.25) is 4.18 Å². The number of nitrogens with zero attached hydrogens (tertiary/aromatic N) is 1. The first-order chi connectivity index (χ1) is 9.94. The summed E-state index contributed by atoms with van der Waals surface area (Å²) in [5, 5.41) is 0. The fourth-order valence-electron chi connectivity index (χ4n) is 2.16. The topological polar surface area (TPSA) is 72.9 Å². The number of carbonyl (C=O) groups is 1. The van der Waals surface area contributed by atoms with Crippen molar-refractivity contribution in [3.8, 4) is 0 Å². The molecule has 0 aliphatic carbocycles. The lowest BCUT2D eigenvalue weighted by atomic mass is 10.1. The Bertz CT molecular complexity index is 572. The minimum Gasteiger partial charge on any atom is -0.445 e. The van der Waals surface area contributed by atoms with E-state index < -0.39 is 10.1 Å². The lowest BCUT2D eigenvalue weighted by Gasteiger charge is -2.16. The van der Waals surface area contributed by atoms with Crippen LogP contribution in [0.5, 0.6) is 0 Å². The Kier molecular flexibility index (Phi) is 5.19. The van der Waals surface area contributed by atoms with Gasteiger partial charge in [0.1, 0.15) is 6.61 Å². The summed E-state index contributed by atoms with van der Waals surface area (Å²) in [5.41, 5.74) is 0.932. The summed E-state index contributed by atoms with van der Waals surface area (Å²) in [6, 6.07) is 9.45. The van der Waals surface area contributed by atoms with Crippen molar-refractivity contribution in [2.45, 2.75) is 13.0 Å². The van der Waals surface area contributed by atoms with Gasteiger partial charge in [0.25, 0.3) is 10.1 Å². The maximum atomic E-state index is 11.9. The lowest BCUT2D eigenvalue weighted by molar-refractivity contribution is 0.102. The molecule has 0 spiro atoms. The molecule has 1 atom stereocenters. The average Bonchev–Trinajstić information content (AvgIpc) is 2.92. The van der Waals surface area contributed by atoms with Crippen LogP contribution in [0.1, 0.15) is 12.0 Å². The number of hydrogen-bond donors (Lipinski definition) is 0. The van der Waals surface area contributed by atoms with Crippen LogP contribution in [0.15, 0.2) is 30.3 Å². The Morgan fingerprint density at radius 2 is 2.05 bits per heavy atom. The van der Waals surface area contributed by atoms with Crippen molar-refractivity contribution < 1.29 is 22.1 Å². The van der Waals surface area contributed by atoms with Gasteiger partial charge >= 0.3 is 6.09 Å². The third-order valence-electron chi connectivity index (χ3n) is 3.27. The van der Waals surface area contributed by atoms with E-state index in [-0.39, 0.29) is 25.2 Å².